The molecule has 2 fully saturated rings. The first-order chi connectivity index (χ1) is 9.36. The van der Waals surface area contributed by atoms with E-state index >= 15 is 0 Å². The molecule has 0 aromatic carbocycles. The molecule has 0 spiro atoms. The summed E-state index contributed by atoms with van der Waals surface area (Å²) in [5.41, 5.74) is 0. The maximum Gasteiger partial charge on any atom is 0.327 e. The van der Waals surface area contributed by atoms with Gasteiger partial charge in [-0.1, -0.05) is 13.3 Å². The maximum atomic E-state index is 12.2. The van der Waals surface area contributed by atoms with Crippen LogP contribution in [0.25, 0.3) is 0 Å². The molecule has 0 bridgehead atoms. The zero-order valence-electron chi connectivity index (χ0n) is 11.1. The van der Waals surface area contributed by atoms with E-state index in [1.807, 2.05) is 6.92 Å². The second-order valence-corrected chi connectivity index (χ2v) is 5.46. The van der Waals surface area contributed by atoms with Gasteiger partial charge in [-0.25, -0.2) is 4.79 Å². The third kappa shape index (κ3) is 2.28. The molecule has 2 rings (SSSR count). The van der Waals surface area contributed by atoms with Crippen molar-refractivity contribution in [2.75, 3.05) is 0 Å². The number of carboxylic acids is 2. The highest BCUT2D eigenvalue weighted by molar-refractivity contribution is 6.08. The quantitative estimate of drug-likeness (QED) is 0.703. The van der Waals surface area contributed by atoms with Gasteiger partial charge in [-0.15, -0.1) is 0 Å². The first-order valence-electron chi connectivity index (χ1n) is 6.68. The minimum Gasteiger partial charge on any atom is -0.481 e. The molecule has 20 heavy (non-hydrogen) atoms. The van der Waals surface area contributed by atoms with Crippen molar-refractivity contribution < 1.29 is 29.4 Å². The number of imide groups is 1. The molecule has 2 N–H and O–H groups in total. The normalized spacial score (nSPS) is 30.4. The zero-order chi connectivity index (χ0) is 15.0. The van der Waals surface area contributed by atoms with Crippen LogP contribution in [0.2, 0.25) is 0 Å². The van der Waals surface area contributed by atoms with Gasteiger partial charge in [-0.05, 0) is 18.8 Å². The summed E-state index contributed by atoms with van der Waals surface area (Å²) in [4.78, 5) is 47.0. The predicted molar refractivity (Wildman–Crippen MR) is 65.5 cm³/mol. The first-order valence-corrected chi connectivity index (χ1v) is 6.68. The molecule has 2 aliphatic rings. The van der Waals surface area contributed by atoms with E-state index in [1.54, 1.807) is 0 Å². The van der Waals surface area contributed by atoms with Gasteiger partial charge in [-0.3, -0.25) is 19.3 Å². The van der Waals surface area contributed by atoms with Crippen LogP contribution in [-0.2, 0) is 19.2 Å². The average molecular weight is 283 g/mol. The number of rotatable bonds is 5. The summed E-state index contributed by atoms with van der Waals surface area (Å²) < 4.78 is 0. The van der Waals surface area contributed by atoms with Crippen LogP contribution in [0.4, 0.5) is 0 Å². The molecule has 0 radical (unpaired) electrons. The van der Waals surface area contributed by atoms with Crippen LogP contribution in [0.15, 0.2) is 0 Å². The van der Waals surface area contributed by atoms with Crippen molar-refractivity contribution in [3.8, 4) is 0 Å². The van der Waals surface area contributed by atoms with Crippen LogP contribution < -0.4 is 0 Å². The summed E-state index contributed by atoms with van der Waals surface area (Å²) in [6.07, 6.45) is 1.29. The number of hydrogen-bond acceptors (Lipinski definition) is 4. The minimum atomic E-state index is -1.60. The van der Waals surface area contributed by atoms with Gasteiger partial charge in [0.05, 0.1) is 18.3 Å². The second-order valence-electron chi connectivity index (χ2n) is 5.46. The molecule has 1 saturated carbocycles. The smallest absolute Gasteiger partial charge is 0.327 e. The number of amides is 2. The Kier molecular flexibility index (Phi) is 3.78. The number of hydrogen-bond donors (Lipinski definition) is 2. The van der Waals surface area contributed by atoms with Crippen LogP contribution in [0.5, 0.6) is 0 Å². The predicted octanol–water partition coefficient (Wildman–Crippen LogP) is 0.335. The molecule has 1 aliphatic carbocycles. The summed E-state index contributed by atoms with van der Waals surface area (Å²) in [5.74, 6) is -4.48. The van der Waals surface area contributed by atoms with Gasteiger partial charge in [0.2, 0.25) is 11.8 Å². The number of likely N-dealkylation sites (tertiary alicyclic amines) is 1. The maximum absolute atomic E-state index is 12.2. The molecule has 2 amide bonds. The molecule has 1 saturated heterocycles. The first kappa shape index (κ1) is 14.5. The molecule has 1 aliphatic heterocycles. The Morgan fingerprint density at radius 2 is 1.70 bits per heavy atom. The van der Waals surface area contributed by atoms with Crippen molar-refractivity contribution in [1.82, 2.24) is 4.90 Å². The van der Waals surface area contributed by atoms with Crippen LogP contribution >= 0.6 is 0 Å². The fourth-order valence-electron chi connectivity index (χ4n) is 3.25. The molecule has 0 aromatic rings. The van der Waals surface area contributed by atoms with E-state index < -0.39 is 48.1 Å². The number of carboxylic acid groups (broad SMARTS) is 2. The number of carbonyl (C=O) groups is 4. The summed E-state index contributed by atoms with van der Waals surface area (Å²) in [6, 6.07) is -1.60. The van der Waals surface area contributed by atoms with Crippen LogP contribution in [0.1, 0.15) is 32.6 Å². The minimum absolute atomic E-state index is 0.308. The molecule has 3 atom stereocenters. The molecule has 110 valence electrons. The van der Waals surface area contributed by atoms with E-state index in [-0.39, 0.29) is 0 Å². The van der Waals surface area contributed by atoms with Crippen molar-refractivity contribution in [1.29, 1.82) is 0 Å². The lowest BCUT2D eigenvalue weighted by atomic mass is 10.00. The number of nitrogens with zero attached hydrogens (tertiary/aromatic N) is 1. The average Bonchev–Trinajstić information content (AvgIpc) is 2.88. The topological polar surface area (TPSA) is 112 Å². The third-order valence-electron chi connectivity index (χ3n) is 4.31. The van der Waals surface area contributed by atoms with E-state index in [2.05, 4.69) is 0 Å². The molecule has 3 unspecified atom stereocenters. The lowest BCUT2D eigenvalue weighted by Crippen LogP contribution is -2.47. The monoisotopic (exact) mass is 283 g/mol. The van der Waals surface area contributed by atoms with E-state index in [9.17, 15) is 19.2 Å². The highest BCUT2D eigenvalue weighted by atomic mass is 16.4. The summed E-state index contributed by atoms with van der Waals surface area (Å²) in [5, 5.41) is 17.8. The van der Waals surface area contributed by atoms with Gasteiger partial charge in [-0.2, -0.15) is 0 Å². The Morgan fingerprint density at radius 1 is 1.20 bits per heavy atom. The van der Waals surface area contributed by atoms with Crippen molar-refractivity contribution in [2.24, 2.45) is 17.8 Å². The lowest BCUT2D eigenvalue weighted by molar-refractivity contribution is -0.158. The second kappa shape index (κ2) is 5.22. The summed E-state index contributed by atoms with van der Waals surface area (Å²) in [6.45, 7) is 1.99. The van der Waals surface area contributed by atoms with Crippen molar-refractivity contribution >= 4 is 23.8 Å². The molecule has 7 nitrogen and oxygen atoms in total. The molecule has 7 heteroatoms. The van der Waals surface area contributed by atoms with Gasteiger partial charge in [0.15, 0.2) is 0 Å². The summed E-state index contributed by atoms with van der Waals surface area (Å²) >= 11 is 0. The van der Waals surface area contributed by atoms with Crippen LogP contribution in [-0.4, -0.2) is 44.9 Å². The molecular formula is C13H17NO6. The Labute approximate surface area is 115 Å². The number of carbonyl (C=O) groups excluding carboxylic acids is 2. The highest BCUT2D eigenvalue weighted by Gasteiger charge is 2.55. The van der Waals surface area contributed by atoms with E-state index in [0.29, 0.717) is 23.7 Å². The highest BCUT2D eigenvalue weighted by Crippen LogP contribution is 2.45. The number of aliphatic carboxylic acids is 2. The van der Waals surface area contributed by atoms with Crippen molar-refractivity contribution in [3.63, 3.8) is 0 Å². The fourth-order valence-corrected chi connectivity index (χ4v) is 3.25. The molecule has 1 heterocycles. The Balaban J connectivity index is 2.22. The molecule has 0 aromatic heterocycles. The van der Waals surface area contributed by atoms with Crippen molar-refractivity contribution in [2.45, 2.75) is 38.6 Å². The summed E-state index contributed by atoms with van der Waals surface area (Å²) in [7, 11) is 0. The fraction of sp³-hybridized carbons (Fsp3) is 0.692. The van der Waals surface area contributed by atoms with E-state index in [4.69, 9.17) is 10.2 Å². The van der Waals surface area contributed by atoms with Gasteiger partial charge in [0.25, 0.3) is 0 Å². The Hall–Kier alpha value is -1.92. The van der Waals surface area contributed by atoms with E-state index in [1.165, 1.54) is 0 Å². The lowest BCUT2D eigenvalue weighted by Gasteiger charge is -2.23. The van der Waals surface area contributed by atoms with E-state index in [0.717, 1.165) is 6.42 Å². The van der Waals surface area contributed by atoms with Crippen LogP contribution in [0, 0.1) is 17.8 Å². The van der Waals surface area contributed by atoms with Gasteiger partial charge in [0, 0.05) is 0 Å². The van der Waals surface area contributed by atoms with Gasteiger partial charge >= 0.3 is 11.9 Å². The Bertz CT molecular complexity index is 449. The number of fused-ring (bicyclic) bond motifs is 1. The SMILES string of the molecule is CCC1CC2C(=O)N(C(CC(=O)O)C(=O)O)C(=O)C2C1. The van der Waals surface area contributed by atoms with Crippen molar-refractivity contribution in [3.05, 3.63) is 0 Å². The van der Waals surface area contributed by atoms with Gasteiger partial charge < -0.3 is 10.2 Å². The standard InChI is InChI=1S/C13H17NO6/c1-2-6-3-7-8(4-6)12(18)14(11(7)17)9(13(19)20)5-10(15)16/h6-9H,2-5H2,1H3,(H,15,16)(H,19,20). The zero-order valence-corrected chi connectivity index (χ0v) is 11.1. The van der Waals surface area contributed by atoms with Crippen LogP contribution in [0.3, 0.4) is 0 Å². The molecular weight excluding hydrogens is 266 g/mol. The van der Waals surface area contributed by atoms with Gasteiger partial charge in [0.1, 0.15) is 6.04 Å². The third-order valence-corrected chi connectivity index (χ3v) is 4.31. The Morgan fingerprint density at radius 3 is 2.05 bits per heavy atom. The largest absolute Gasteiger partial charge is 0.481 e.